The molecular weight excluding hydrogens is 168 g/mol. The zero-order chi connectivity index (χ0) is 9.68. The van der Waals surface area contributed by atoms with Crippen LogP contribution in [0.15, 0.2) is 0 Å². The Morgan fingerprint density at radius 1 is 1.69 bits per heavy atom. The van der Waals surface area contributed by atoms with Crippen LogP contribution in [0.4, 0.5) is 0 Å². The highest BCUT2D eigenvalue weighted by Gasteiger charge is 2.24. The van der Waals surface area contributed by atoms with Crippen molar-refractivity contribution in [1.29, 1.82) is 0 Å². The Kier molecular flexibility index (Phi) is 4.18. The summed E-state index contributed by atoms with van der Waals surface area (Å²) in [5, 5.41) is 5.90. The topological polar surface area (TPSA) is 50.4 Å². The van der Waals surface area contributed by atoms with E-state index in [2.05, 4.69) is 10.6 Å². The number of carbonyl (C=O) groups excluding carboxylic acids is 1. The van der Waals surface area contributed by atoms with Crippen molar-refractivity contribution < 1.29 is 9.53 Å². The summed E-state index contributed by atoms with van der Waals surface area (Å²) in [6.45, 7) is 2.74. The molecule has 0 spiro atoms. The van der Waals surface area contributed by atoms with Crippen LogP contribution < -0.4 is 10.6 Å². The van der Waals surface area contributed by atoms with Crippen molar-refractivity contribution in [2.24, 2.45) is 0 Å². The number of carbonyl (C=O) groups is 1. The summed E-state index contributed by atoms with van der Waals surface area (Å²) in [6.07, 6.45) is 2.58. The molecule has 1 amide bonds. The summed E-state index contributed by atoms with van der Waals surface area (Å²) >= 11 is 0. The van der Waals surface area contributed by atoms with Gasteiger partial charge in [0, 0.05) is 6.61 Å². The van der Waals surface area contributed by atoms with Gasteiger partial charge in [0.25, 0.3) is 0 Å². The van der Waals surface area contributed by atoms with Crippen molar-refractivity contribution in [3.8, 4) is 0 Å². The minimum absolute atomic E-state index is 0.0127. The number of nitrogens with one attached hydrogen (secondary N) is 2. The van der Waals surface area contributed by atoms with Crippen molar-refractivity contribution in [2.75, 3.05) is 13.7 Å². The predicted molar refractivity (Wildman–Crippen MR) is 50.3 cm³/mol. The number of amides is 1. The van der Waals surface area contributed by atoms with Crippen molar-refractivity contribution in [1.82, 2.24) is 10.6 Å². The van der Waals surface area contributed by atoms with Crippen molar-refractivity contribution in [2.45, 2.75) is 38.5 Å². The maximum absolute atomic E-state index is 11.5. The van der Waals surface area contributed by atoms with Crippen LogP contribution in [0.5, 0.6) is 0 Å². The van der Waals surface area contributed by atoms with E-state index < -0.39 is 0 Å². The molecule has 0 aromatic carbocycles. The molecule has 0 radical (unpaired) electrons. The van der Waals surface area contributed by atoms with Gasteiger partial charge in [0.2, 0.25) is 5.91 Å². The van der Waals surface area contributed by atoms with E-state index in [1.807, 2.05) is 14.0 Å². The maximum Gasteiger partial charge on any atom is 0.250 e. The Morgan fingerprint density at radius 2 is 2.46 bits per heavy atom. The third-order valence-corrected chi connectivity index (χ3v) is 2.30. The summed E-state index contributed by atoms with van der Waals surface area (Å²) in [4.78, 5) is 11.5. The number of hydrogen-bond donors (Lipinski definition) is 2. The molecule has 1 heterocycles. The van der Waals surface area contributed by atoms with Crippen molar-refractivity contribution >= 4 is 5.91 Å². The lowest BCUT2D eigenvalue weighted by atomic mass is 10.2. The molecule has 0 aliphatic carbocycles. The molecule has 2 N–H and O–H groups in total. The monoisotopic (exact) mass is 186 g/mol. The molecule has 0 aromatic heterocycles. The van der Waals surface area contributed by atoms with Gasteiger partial charge in [-0.2, -0.15) is 0 Å². The lowest BCUT2D eigenvalue weighted by Crippen LogP contribution is -2.47. The van der Waals surface area contributed by atoms with Crippen LogP contribution in [0.3, 0.4) is 0 Å². The van der Waals surface area contributed by atoms with Gasteiger partial charge in [-0.1, -0.05) is 6.92 Å². The number of ether oxygens (including phenoxy) is 1. The largest absolute Gasteiger partial charge is 0.368 e. The fraction of sp³-hybridized carbons (Fsp3) is 0.889. The van der Waals surface area contributed by atoms with Gasteiger partial charge in [0.1, 0.15) is 6.10 Å². The molecule has 2 atom stereocenters. The first-order chi connectivity index (χ1) is 6.27. The Balaban J connectivity index is 2.30. The number of rotatable bonds is 4. The molecule has 1 saturated heterocycles. The average molecular weight is 186 g/mol. The molecule has 1 aliphatic rings. The molecule has 4 nitrogen and oxygen atoms in total. The highest BCUT2D eigenvalue weighted by Crippen LogP contribution is 2.11. The SMILES string of the molecule is CCC(NC)NC(=O)C1CCCO1. The first-order valence-corrected chi connectivity index (χ1v) is 4.87. The molecule has 2 unspecified atom stereocenters. The number of hydrogen-bond acceptors (Lipinski definition) is 3. The van der Waals surface area contributed by atoms with Crippen LogP contribution in [-0.2, 0) is 9.53 Å². The molecule has 1 rings (SSSR count). The van der Waals surface area contributed by atoms with Gasteiger partial charge >= 0.3 is 0 Å². The minimum Gasteiger partial charge on any atom is -0.368 e. The highest BCUT2D eigenvalue weighted by molar-refractivity contribution is 5.81. The Labute approximate surface area is 79.0 Å². The summed E-state index contributed by atoms with van der Waals surface area (Å²) in [5.74, 6) is 0.0127. The second-order valence-electron chi connectivity index (χ2n) is 3.26. The summed E-state index contributed by atoms with van der Waals surface area (Å²) in [7, 11) is 1.84. The first-order valence-electron chi connectivity index (χ1n) is 4.87. The van der Waals surface area contributed by atoms with Gasteiger partial charge in [0.05, 0.1) is 6.17 Å². The fourth-order valence-corrected chi connectivity index (χ4v) is 1.43. The molecule has 1 aliphatic heterocycles. The van der Waals surface area contributed by atoms with Crippen LogP contribution in [0.1, 0.15) is 26.2 Å². The van der Waals surface area contributed by atoms with Crippen molar-refractivity contribution in [3.63, 3.8) is 0 Å². The minimum atomic E-state index is -0.220. The van der Waals surface area contributed by atoms with E-state index in [-0.39, 0.29) is 18.2 Å². The molecule has 76 valence electrons. The summed E-state index contributed by atoms with van der Waals surface area (Å²) < 4.78 is 5.26. The maximum atomic E-state index is 11.5. The lowest BCUT2D eigenvalue weighted by molar-refractivity contribution is -0.131. The van der Waals surface area contributed by atoms with Crippen LogP contribution in [0, 0.1) is 0 Å². The predicted octanol–water partition coefficient (Wildman–Crippen LogP) is 0.237. The van der Waals surface area contributed by atoms with Crippen LogP contribution in [-0.4, -0.2) is 31.8 Å². The molecular formula is C9H18N2O2. The smallest absolute Gasteiger partial charge is 0.250 e. The van der Waals surface area contributed by atoms with E-state index >= 15 is 0 Å². The zero-order valence-corrected chi connectivity index (χ0v) is 8.30. The fourth-order valence-electron chi connectivity index (χ4n) is 1.43. The average Bonchev–Trinajstić information content (AvgIpc) is 2.66. The first kappa shape index (κ1) is 10.5. The lowest BCUT2D eigenvalue weighted by Gasteiger charge is -2.18. The molecule has 0 saturated carbocycles. The van der Waals surface area contributed by atoms with Gasteiger partial charge in [-0.05, 0) is 26.3 Å². The second-order valence-corrected chi connectivity index (χ2v) is 3.26. The zero-order valence-electron chi connectivity index (χ0n) is 8.30. The van der Waals surface area contributed by atoms with Crippen LogP contribution >= 0.6 is 0 Å². The van der Waals surface area contributed by atoms with Gasteiger partial charge in [-0.15, -0.1) is 0 Å². The molecule has 4 heteroatoms. The Bertz CT molecular complexity index is 163. The Morgan fingerprint density at radius 3 is 2.92 bits per heavy atom. The summed E-state index contributed by atoms with van der Waals surface area (Å²) in [6, 6.07) is 0. The van der Waals surface area contributed by atoms with E-state index in [0.29, 0.717) is 6.61 Å². The molecule has 1 fully saturated rings. The van der Waals surface area contributed by atoms with E-state index in [1.54, 1.807) is 0 Å². The van der Waals surface area contributed by atoms with E-state index in [1.165, 1.54) is 0 Å². The van der Waals surface area contributed by atoms with Gasteiger partial charge in [-0.25, -0.2) is 0 Å². The van der Waals surface area contributed by atoms with Gasteiger partial charge in [0.15, 0.2) is 0 Å². The molecule has 0 aromatic rings. The quantitative estimate of drug-likeness (QED) is 0.618. The third kappa shape index (κ3) is 2.97. The standard InChI is InChI=1S/C9H18N2O2/c1-3-8(10-2)11-9(12)7-5-4-6-13-7/h7-8,10H,3-6H2,1-2H3,(H,11,12). The van der Waals surface area contributed by atoms with Crippen LogP contribution in [0.2, 0.25) is 0 Å². The normalized spacial score (nSPS) is 24.3. The van der Waals surface area contributed by atoms with E-state index in [4.69, 9.17) is 4.74 Å². The van der Waals surface area contributed by atoms with Crippen LogP contribution in [0.25, 0.3) is 0 Å². The van der Waals surface area contributed by atoms with E-state index in [9.17, 15) is 4.79 Å². The van der Waals surface area contributed by atoms with Crippen molar-refractivity contribution in [3.05, 3.63) is 0 Å². The summed E-state index contributed by atoms with van der Waals surface area (Å²) in [5.41, 5.74) is 0. The van der Waals surface area contributed by atoms with Gasteiger partial charge in [-0.3, -0.25) is 4.79 Å². The van der Waals surface area contributed by atoms with E-state index in [0.717, 1.165) is 19.3 Å². The molecule has 13 heavy (non-hydrogen) atoms. The third-order valence-electron chi connectivity index (χ3n) is 2.30. The highest BCUT2D eigenvalue weighted by atomic mass is 16.5. The van der Waals surface area contributed by atoms with Gasteiger partial charge < -0.3 is 15.4 Å². The molecule has 0 bridgehead atoms. The Hall–Kier alpha value is -0.610. The second kappa shape index (κ2) is 5.19.